The zero-order chi connectivity index (χ0) is 15.8. The van der Waals surface area contributed by atoms with Gasteiger partial charge in [-0.2, -0.15) is 5.11 Å². The van der Waals surface area contributed by atoms with Gasteiger partial charge in [0.25, 0.3) is 0 Å². The molecule has 4 rings (SSSR count). The Bertz CT molecular complexity index is 769. The summed E-state index contributed by atoms with van der Waals surface area (Å²) in [4.78, 5) is 2.40. The molecule has 0 unspecified atom stereocenters. The average Bonchev–Trinajstić information content (AvgIpc) is 2.58. The number of phenols is 1. The van der Waals surface area contributed by atoms with Crippen LogP contribution in [0.3, 0.4) is 0 Å². The summed E-state index contributed by atoms with van der Waals surface area (Å²) in [5, 5.41) is 19.8. The monoisotopic (exact) mass is 327 g/mol. The number of hydrogen-bond acceptors (Lipinski definition) is 4. The Kier molecular flexibility index (Phi) is 3.69. The van der Waals surface area contributed by atoms with Gasteiger partial charge in [0.15, 0.2) is 0 Å². The molecule has 0 fully saturated rings. The average molecular weight is 328 g/mol. The minimum atomic E-state index is 0.285. The van der Waals surface area contributed by atoms with E-state index in [0.29, 0.717) is 10.7 Å². The van der Waals surface area contributed by atoms with Crippen LogP contribution in [0.25, 0.3) is 0 Å². The van der Waals surface area contributed by atoms with E-state index < -0.39 is 0 Å². The summed E-state index contributed by atoms with van der Waals surface area (Å²) in [5.74, 6) is 0.285. The van der Waals surface area contributed by atoms with Crippen LogP contribution < -0.4 is 4.90 Å². The molecule has 23 heavy (non-hydrogen) atoms. The van der Waals surface area contributed by atoms with E-state index in [0.717, 1.165) is 50.0 Å². The first kappa shape index (κ1) is 14.5. The van der Waals surface area contributed by atoms with Gasteiger partial charge in [-0.05, 0) is 61.6 Å². The Labute approximate surface area is 140 Å². The molecular weight excluding hydrogens is 310 g/mol. The molecule has 2 heterocycles. The highest BCUT2D eigenvalue weighted by Crippen LogP contribution is 2.45. The summed E-state index contributed by atoms with van der Waals surface area (Å²) in [6.45, 7) is 2.18. The number of aryl methyl sites for hydroxylation is 1. The van der Waals surface area contributed by atoms with Crippen molar-refractivity contribution in [1.82, 2.24) is 0 Å². The van der Waals surface area contributed by atoms with Crippen molar-refractivity contribution in [1.29, 1.82) is 0 Å². The minimum Gasteiger partial charge on any atom is -0.505 e. The molecule has 2 aliphatic rings. The molecule has 0 bridgehead atoms. The van der Waals surface area contributed by atoms with Crippen LogP contribution in [-0.2, 0) is 12.8 Å². The van der Waals surface area contributed by atoms with Crippen molar-refractivity contribution >= 4 is 28.7 Å². The third-order valence-electron chi connectivity index (χ3n) is 4.57. The van der Waals surface area contributed by atoms with Gasteiger partial charge < -0.3 is 10.0 Å². The van der Waals surface area contributed by atoms with Crippen molar-refractivity contribution in [3.63, 3.8) is 0 Å². The SMILES string of the molecule is Oc1c(N=Nc2ccc(Cl)cc2)cc2c3c1CCCN3CCC2. The number of anilines is 1. The van der Waals surface area contributed by atoms with E-state index in [2.05, 4.69) is 15.1 Å². The van der Waals surface area contributed by atoms with Crippen molar-refractivity contribution in [2.24, 2.45) is 10.2 Å². The number of halogens is 1. The van der Waals surface area contributed by atoms with Gasteiger partial charge in [0.1, 0.15) is 11.4 Å². The highest BCUT2D eigenvalue weighted by Gasteiger charge is 2.27. The van der Waals surface area contributed by atoms with Crippen molar-refractivity contribution in [3.8, 4) is 5.75 Å². The molecule has 0 spiro atoms. The molecule has 0 aliphatic carbocycles. The van der Waals surface area contributed by atoms with Crippen LogP contribution in [0.4, 0.5) is 17.1 Å². The Balaban J connectivity index is 1.73. The molecule has 2 aliphatic heterocycles. The van der Waals surface area contributed by atoms with Crippen molar-refractivity contribution in [3.05, 3.63) is 46.5 Å². The van der Waals surface area contributed by atoms with Crippen molar-refractivity contribution in [2.45, 2.75) is 25.7 Å². The quantitative estimate of drug-likeness (QED) is 0.774. The number of hydrogen-bond donors (Lipinski definition) is 1. The predicted octanol–water partition coefficient (Wildman–Crippen LogP) is 5.16. The third kappa shape index (κ3) is 2.68. The van der Waals surface area contributed by atoms with E-state index in [9.17, 15) is 5.11 Å². The summed E-state index contributed by atoms with van der Waals surface area (Å²) in [6.07, 6.45) is 4.19. The van der Waals surface area contributed by atoms with Gasteiger partial charge in [0.05, 0.1) is 5.69 Å². The lowest BCUT2D eigenvalue weighted by molar-refractivity contribution is 0.463. The predicted molar refractivity (Wildman–Crippen MR) is 92.6 cm³/mol. The molecular formula is C18H18ClN3O. The summed E-state index contributed by atoms with van der Waals surface area (Å²) in [5.41, 5.74) is 4.86. The Morgan fingerprint density at radius 1 is 1.00 bits per heavy atom. The maximum atomic E-state index is 10.6. The fourth-order valence-corrected chi connectivity index (χ4v) is 3.65. The van der Waals surface area contributed by atoms with Crippen LogP contribution in [0.2, 0.25) is 5.02 Å². The molecule has 0 amide bonds. The number of aromatic hydroxyl groups is 1. The van der Waals surface area contributed by atoms with E-state index in [1.165, 1.54) is 11.3 Å². The lowest BCUT2D eigenvalue weighted by Crippen LogP contribution is -2.34. The standard InChI is InChI=1S/C18H18ClN3O/c19-13-5-7-14(8-6-13)20-21-16-11-12-3-1-9-22-10-2-4-15(17(12)22)18(16)23/h5-8,11,23H,1-4,9-10H2. The lowest BCUT2D eigenvalue weighted by atomic mass is 9.90. The van der Waals surface area contributed by atoms with Gasteiger partial charge in [0.2, 0.25) is 0 Å². The van der Waals surface area contributed by atoms with Crippen molar-refractivity contribution in [2.75, 3.05) is 18.0 Å². The molecule has 2 aromatic carbocycles. The van der Waals surface area contributed by atoms with E-state index in [1.807, 2.05) is 18.2 Å². The second kappa shape index (κ2) is 5.85. The number of rotatable bonds is 2. The van der Waals surface area contributed by atoms with Crippen LogP contribution in [-0.4, -0.2) is 18.2 Å². The van der Waals surface area contributed by atoms with Gasteiger partial charge >= 0.3 is 0 Å². The molecule has 0 saturated carbocycles. The lowest BCUT2D eigenvalue weighted by Gasteiger charge is -2.37. The van der Waals surface area contributed by atoms with Gasteiger partial charge in [-0.3, -0.25) is 0 Å². The highest BCUT2D eigenvalue weighted by molar-refractivity contribution is 6.30. The van der Waals surface area contributed by atoms with E-state index in [-0.39, 0.29) is 5.75 Å². The summed E-state index contributed by atoms with van der Waals surface area (Å²) in [7, 11) is 0. The zero-order valence-corrected chi connectivity index (χ0v) is 13.6. The molecule has 0 aromatic heterocycles. The normalized spacial score (nSPS) is 16.7. The third-order valence-corrected chi connectivity index (χ3v) is 4.83. The molecule has 0 atom stereocenters. The number of benzene rings is 2. The smallest absolute Gasteiger partial charge is 0.148 e. The maximum Gasteiger partial charge on any atom is 0.148 e. The number of azo groups is 1. The van der Waals surface area contributed by atoms with Gasteiger partial charge in [0, 0.05) is 29.4 Å². The molecule has 1 N–H and O–H groups in total. The largest absolute Gasteiger partial charge is 0.505 e. The molecule has 0 radical (unpaired) electrons. The second-order valence-electron chi connectivity index (χ2n) is 6.10. The van der Waals surface area contributed by atoms with E-state index in [4.69, 9.17) is 11.6 Å². The zero-order valence-electron chi connectivity index (χ0n) is 12.8. The van der Waals surface area contributed by atoms with Crippen LogP contribution >= 0.6 is 11.6 Å². The number of nitrogens with zero attached hydrogens (tertiary/aromatic N) is 3. The Morgan fingerprint density at radius 2 is 1.74 bits per heavy atom. The Morgan fingerprint density at radius 3 is 2.52 bits per heavy atom. The van der Waals surface area contributed by atoms with Crippen LogP contribution in [0, 0.1) is 0 Å². The van der Waals surface area contributed by atoms with Crippen LogP contribution in [0.1, 0.15) is 24.0 Å². The second-order valence-corrected chi connectivity index (χ2v) is 6.54. The molecule has 118 valence electrons. The first-order chi connectivity index (χ1) is 11.2. The van der Waals surface area contributed by atoms with Crippen LogP contribution in [0.15, 0.2) is 40.6 Å². The van der Waals surface area contributed by atoms with Crippen LogP contribution in [0.5, 0.6) is 5.75 Å². The number of phenolic OH excluding ortho intramolecular Hbond substituents is 1. The molecule has 4 nitrogen and oxygen atoms in total. The van der Waals surface area contributed by atoms with Gasteiger partial charge in [-0.1, -0.05) is 11.6 Å². The summed E-state index contributed by atoms with van der Waals surface area (Å²) < 4.78 is 0. The first-order valence-corrected chi connectivity index (χ1v) is 8.40. The molecule has 0 saturated heterocycles. The topological polar surface area (TPSA) is 48.2 Å². The summed E-state index contributed by atoms with van der Waals surface area (Å²) in [6, 6.07) is 9.18. The minimum absolute atomic E-state index is 0.285. The summed E-state index contributed by atoms with van der Waals surface area (Å²) >= 11 is 5.88. The van der Waals surface area contributed by atoms with Crippen molar-refractivity contribution < 1.29 is 5.11 Å². The Hall–Kier alpha value is -2.07. The highest BCUT2D eigenvalue weighted by atomic mass is 35.5. The molecule has 2 aromatic rings. The van der Waals surface area contributed by atoms with E-state index in [1.54, 1.807) is 12.1 Å². The van der Waals surface area contributed by atoms with E-state index >= 15 is 0 Å². The first-order valence-electron chi connectivity index (χ1n) is 8.02. The van der Waals surface area contributed by atoms with Gasteiger partial charge in [-0.15, -0.1) is 5.11 Å². The maximum absolute atomic E-state index is 10.6. The van der Waals surface area contributed by atoms with Gasteiger partial charge in [-0.25, -0.2) is 0 Å². The molecule has 5 heteroatoms. The fourth-order valence-electron chi connectivity index (χ4n) is 3.52. The fraction of sp³-hybridized carbons (Fsp3) is 0.333.